The van der Waals surface area contributed by atoms with E-state index in [0.29, 0.717) is 28.9 Å². The maximum atomic E-state index is 15.1. The highest BCUT2D eigenvalue weighted by molar-refractivity contribution is 5.95. The number of piperidine rings is 2. The van der Waals surface area contributed by atoms with E-state index in [-0.39, 0.29) is 30.0 Å². The number of likely N-dealkylation sites (tertiary alicyclic amines) is 2. The third-order valence-corrected chi connectivity index (χ3v) is 7.84. The molecule has 2 saturated heterocycles. The smallest absolute Gasteiger partial charge is 0.238 e. The van der Waals surface area contributed by atoms with E-state index in [9.17, 15) is 9.18 Å². The van der Waals surface area contributed by atoms with Gasteiger partial charge in [-0.25, -0.2) is 13.8 Å². The molecule has 1 amide bonds. The van der Waals surface area contributed by atoms with Crippen LogP contribution in [0.1, 0.15) is 43.7 Å². The van der Waals surface area contributed by atoms with Crippen molar-refractivity contribution in [3.8, 4) is 22.9 Å². The summed E-state index contributed by atoms with van der Waals surface area (Å²) < 4.78 is 34.6. The van der Waals surface area contributed by atoms with Gasteiger partial charge < -0.3 is 14.6 Å². The Morgan fingerprint density at radius 1 is 1.28 bits per heavy atom. The third-order valence-electron chi connectivity index (χ3n) is 7.84. The average molecular weight is 532 g/mol. The minimum absolute atomic E-state index is 0.0859. The number of methoxy groups -OCH3 is 1. The molecule has 0 radical (unpaired) electrons. The van der Waals surface area contributed by atoms with Crippen molar-refractivity contribution in [2.45, 2.75) is 44.2 Å². The zero-order valence-electron chi connectivity index (χ0n) is 21.9. The molecular weight excluding hydrogens is 500 g/mol. The van der Waals surface area contributed by atoms with Gasteiger partial charge in [0.05, 0.1) is 25.5 Å². The highest BCUT2D eigenvalue weighted by Gasteiger charge is 2.35. The summed E-state index contributed by atoms with van der Waals surface area (Å²) in [5.74, 6) is -0.585. The summed E-state index contributed by atoms with van der Waals surface area (Å²) in [6.07, 6.45) is 7.95. The van der Waals surface area contributed by atoms with Crippen molar-refractivity contribution in [3.63, 3.8) is 0 Å². The zero-order valence-corrected chi connectivity index (χ0v) is 21.9. The van der Waals surface area contributed by atoms with E-state index in [1.54, 1.807) is 6.08 Å². The van der Waals surface area contributed by atoms with E-state index < -0.39 is 11.6 Å². The lowest BCUT2D eigenvalue weighted by molar-refractivity contribution is -0.138. The monoisotopic (exact) mass is 531 g/mol. The topological polar surface area (TPSA) is 85.2 Å². The van der Waals surface area contributed by atoms with Crippen molar-refractivity contribution in [1.29, 1.82) is 5.26 Å². The number of allylic oxidation sites excluding steroid dienone is 2. The number of ether oxygens (including phenoxy) is 1. The molecule has 2 aliphatic rings. The maximum Gasteiger partial charge on any atom is 0.238 e. The fourth-order valence-electron chi connectivity index (χ4n) is 5.91. The van der Waals surface area contributed by atoms with Crippen LogP contribution in [0.25, 0.3) is 22.2 Å². The number of pyridine rings is 1. The van der Waals surface area contributed by atoms with Gasteiger partial charge in [0.1, 0.15) is 29.5 Å². The third kappa shape index (κ3) is 5.30. The van der Waals surface area contributed by atoms with E-state index in [0.717, 1.165) is 50.7 Å². The van der Waals surface area contributed by atoms with Crippen molar-refractivity contribution in [1.82, 2.24) is 19.8 Å². The van der Waals surface area contributed by atoms with Gasteiger partial charge in [0, 0.05) is 54.2 Å². The van der Waals surface area contributed by atoms with Crippen LogP contribution in [0.3, 0.4) is 0 Å². The van der Waals surface area contributed by atoms with E-state index in [1.165, 1.54) is 30.9 Å². The number of aromatic amines is 1. The van der Waals surface area contributed by atoms with E-state index in [1.807, 2.05) is 23.1 Å². The molecule has 2 aromatic heterocycles. The molecule has 5 rings (SSSR count). The largest absolute Gasteiger partial charge is 0.496 e. The van der Waals surface area contributed by atoms with Crippen LogP contribution in [0.5, 0.6) is 5.75 Å². The maximum absolute atomic E-state index is 15.1. The molecule has 7 nitrogen and oxygen atoms in total. The Balaban J connectivity index is 1.39. The zero-order chi connectivity index (χ0) is 27.5. The number of carbonyl (C=O) groups is 1. The molecule has 1 aromatic carbocycles. The summed E-state index contributed by atoms with van der Waals surface area (Å²) in [7, 11) is 1.47. The molecule has 39 heavy (non-hydrogen) atoms. The summed E-state index contributed by atoms with van der Waals surface area (Å²) in [6.45, 7) is 5.95. The summed E-state index contributed by atoms with van der Waals surface area (Å²) in [5.41, 5.74) is 3.34. The van der Waals surface area contributed by atoms with Crippen molar-refractivity contribution in [3.05, 3.63) is 72.1 Å². The quantitative estimate of drug-likeness (QED) is 0.443. The van der Waals surface area contributed by atoms with Crippen molar-refractivity contribution < 1.29 is 18.3 Å². The standard InChI is InChI=1S/C30H31F2N5O2/c1-3-4-19-8-14-37(28(38)7-11-33)27(15-19)36-12-9-20(10-13-36)25-17-23-29(24(32)18-34-30(23)35-25)22-16-21(31)5-6-26(22)39-2/h3-6,16-18,20,27H,1,7-10,12-15H2,2H3,(H,34,35)/b19-4-. The number of rotatable bonds is 6. The lowest BCUT2D eigenvalue weighted by Gasteiger charge is -2.45. The second-order valence-corrected chi connectivity index (χ2v) is 10.0. The molecule has 3 aromatic rings. The fraction of sp³-hybridized carbons (Fsp3) is 0.367. The van der Waals surface area contributed by atoms with Crippen LogP contribution in [0, 0.1) is 23.0 Å². The molecule has 202 valence electrons. The normalized spacial score (nSPS) is 19.8. The van der Waals surface area contributed by atoms with Crippen molar-refractivity contribution in [2.75, 3.05) is 26.7 Å². The van der Waals surface area contributed by atoms with Gasteiger partial charge in [-0.15, -0.1) is 0 Å². The number of halogens is 2. The van der Waals surface area contributed by atoms with Crippen LogP contribution in [0.2, 0.25) is 0 Å². The van der Waals surface area contributed by atoms with Crippen LogP contribution >= 0.6 is 0 Å². The summed E-state index contributed by atoms with van der Waals surface area (Å²) in [4.78, 5) is 24.5. The van der Waals surface area contributed by atoms with Gasteiger partial charge in [0.25, 0.3) is 0 Å². The molecule has 1 N–H and O–H groups in total. The molecule has 4 heterocycles. The SMILES string of the molecule is C=C/C=C1/CCN(C(=O)CC#N)C(N2CCC(c3cc4c(-c5cc(F)ccc5OC)c(F)cnc4[nH]3)CC2)C1. The first-order valence-electron chi connectivity index (χ1n) is 13.2. The average Bonchev–Trinajstić information content (AvgIpc) is 3.38. The number of aromatic nitrogens is 2. The van der Waals surface area contributed by atoms with Gasteiger partial charge in [-0.2, -0.15) is 5.26 Å². The van der Waals surface area contributed by atoms with E-state index in [4.69, 9.17) is 10.00 Å². The van der Waals surface area contributed by atoms with Crippen LogP contribution in [0.4, 0.5) is 8.78 Å². The van der Waals surface area contributed by atoms with E-state index >= 15 is 4.39 Å². The molecule has 2 aliphatic heterocycles. The number of carbonyl (C=O) groups excluding carboxylic acids is 1. The molecule has 9 heteroatoms. The predicted octanol–water partition coefficient (Wildman–Crippen LogP) is 5.67. The first-order valence-corrected chi connectivity index (χ1v) is 13.2. The molecule has 0 spiro atoms. The molecule has 0 bridgehead atoms. The molecule has 1 unspecified atom stereocenters. The minimum atomic E-state index is -0.547. The predicted molar refractivity (Wildman–Crippen MR) is 145 cm³/mol. The fourth-order valence-corrected chi connectivity index (χ4v) is 5.91. The van der Waals surface area contributed by atoms with Crippen molar-refractivity contribution >= 4 is 16.9 Å². The second kappa shape index (κ2) is 11.4. The summed E-state index contributed by atoms with van der Waals surface area (Å²) in [5, 5.41) is 9.66. The minimum Gasteiger partial charge on any atom is -0.496 e. The van der Waals surface area contributed by atoms with E-state index in [2.05, 4.69) is 21.4 Å². The number of fused-ring (bicyclic) bond motifs is 1. The van der Waals surface area contributed by atoms with Crippen LogP contribution in [-0.2, 0) is 4.79 Å². The van der Waals surface area contributed by atoms with Gasteiger partial charge >= 0.3 is 0 Å². The number of amides is 1. The van der Waals surface area contributed by atoms with Crippen LogP contribution in [0.15, 0.2) is 54.8 Å². The summed E-state index contributed by atoms with van der Waals surface area (Å²) >= 11 is 0. The number of nitrogens with one attached hydrogen (secondary N) is 1. The highest BCUT2D eigenvalue weighted by Crippen LogP contribution is 2.39. The van der Waals surface area contributed by atoms with Crippen molar-refractivity contribution in [2.24, 2.45) is 0 Å². The van der Waals surface area contributed by atoms with Gasteiger partial charge in [0.2, 0.25) is 5.91 Å². The first-order chi connectivity index (χ1) is 18.9. The molecule has 0 aliphatic carbocycles. The summed E-state index contributed by atoms with van der Waals surface area (Å²) in [6, 6.07) is 7.96. The van der Waals surface area contributed by atoms with Gasteiger partial charge in [-0.05, 0) is 43.5 Å². The lowest BCUT2D eigenvalue weighted by atomic mass is 9.91. The number of H-pyrrole nitrogens is 1. The Labute approximate surface area is 226 Å². The number of nitrogens with zero attached hydrogens (tertiary/aromatic N) is 4. The molecule has 1 atom stereocenters. The first kappa shape index (κ1) is 26.6. The number of hydrogen-bond acceptors (Lipinski definition) is 5. The second-order valence-electron chi connectivity index (χ2n) is 10.0. The Hall–Kier alpha value is -4.03. The molecule has 0 saturated carbocycles. The highest BCUT2D eigenvalue weighted by atomic mass is 19.1. The Bertz CT molecular complexity index is 1470. The van der Waals surface area contributed by atoms with Gasteiger partial charge in [0.15, 0.2) is 0 Å². The number of benzene rings is 1. The number of hydrogen-bond donors (Lipinski definition) is 1. The Kier molecular flexibility index (Phi) is 7.75. The Morgan fingerprint density at radius 3 is 2.79 bits per heavy atom. The number of nitriles is 1. The molecular formula is C30H31F2N5O2. The lowest BCUT2D eigenvalue weighted by Crippen LogP contribution is -2.55. The molecule has 2 fully saturated rings. The Morgan fingerprint density at radius 2 is 2.08 bits per heavy atom. The van der Waals surface area contributed by atoms with Crippen LogP contribution in [-0.4, -0.2) is 58.6 Å². The van der Waals surface area contributed by atoms with Gasteiger partial charge in [-0.3, -0.25) is 9.69 Å². The van der Waals surface area contributed by atoms with Crippen LogP contribution < -0.4 is 4.74 Å². The van der Waals surface area contributed by atoms with Gasteiger partial charge in [-0.1, -0.05) is 24.3 Å².